The first-order valence-corrected chi connectivity index (χ1v) is 8.89. The Hall–Kier alpha value is -3.11. The van der Waals surface area contributed by atoms with Crippen LogP contribution in [0.15, 0.2) is 28.8 Å². The van der Waals surface area contributed by atoms with E-state index in [0.717, 1.165) is 0 Å². The number of ether oxygens (including phenoxy) is 1. The fourth-order valence-corrected chi connectivity index (χ4v) is 2.45. The maximum absolute atomic E-state index is 12.0. The summed E-state index contributed by atoms with van der Waals surface area (Å²) < 4.78 is 9.49. The van der Waals surface area contributed by atoms with E-state index in [0.29, 0.717) is 10.7 Å². The first-order chi connectivity index (χ1) is 13.7. The van der Waals surface area contributed by atoms with E-state index in [1.807, 2.05) is 0 Å². The third kappa shape index (κ3) is 7.43. The molecule has 3 amide bonds. The lowest BCUT2D eigenvalue weighted by molar-refractivity contribution is -0.147. The molecule has 3 N–H and O–H groups in total. The standard InChI is InChI=1S/C17H16Cl2N4O6/c1-9-4-15(29-23-9)22-14(25)8-28-16(26)7-20-13(24)6-21-17(27)11-3-2-10(18)5-12(11)19/h2-5H,6-8H2,1H3,(H,20,24)(H,21,27)(H,22,25). The van der Waals surface area contributed by atoms with Crippen LogP contribution < -0.4 is 16.0 Å². The molecule has 0 fully saturated rings. The number of halogens is 2. The number of nitrogens with one attached hydrogen (secondary N) is 3. The van der Waals surface area contributed by atoms with Gasteiger partial charge in [-0.15, -0.1) is 0 Å². The Balaban J connectivity index is 1.65. The molecule has 2 rings (SSSR count). The van der Waals surface area contributed by atoms with Gasteiger partial charge in [0, 0.05) is 11.1 Å². The number of rotatable bonds is 8. The molecule has 2 aromatic rings. The lowest BCUT2D eigenvalue weighted by Gasteiger charge is -2.08. The number of hydrogen-bond donors (Lipinski definition) is 3. The van der Waals surface area contributed by atoms with Crippen molar-refractivity contribution < 1.29 is 28.4 Å². The maximum Gasteiger partial charge on any atom is 0.325 e. The van der Waals surface area contributed by atoms with Gasteiger partial charge in [-0.3, -0.25) is 24.5 Å². The zero-order chi connectivity index (χ0) is 21.4. The predicted molar refractivity (Wildman–Crippen MR) is 103 cm³/mol. The molecule has 0 radical (unpaired) electrons. The molecule has 0 saturated heterocycles. The number of carbonyl (C=O) groups excluding carboxylic acids is 4. The number of amides is 3. The number of esters is 1. The average molecular weight is 443 g/mol. The summed E-state index contributed by atoms with van der Waals surface area (Å²) in [4.78, 5) is 46.9. The molecular formula is C17H16Cl2N4O6. The fourth-order valence-electron chi connectivity index (χ4n) is 1.96. The molecule has 1 aromatic heterocycles. The molecule has 1 heterocycles. The van der Waals surface area contributed by atoms with E-state index in [2.05, 4.69) is 21.1 Å². The maximum atomic E-state index is 12.0. The summed E-state index contributed by atoms with van der Waals surface area (Å²) in [5.74, 6) is -2.57. The number of hydrogen-bond acceptors (Lipinski definition) is 7. The number of aromatic nitrogens is 1. The van der Waals surface area contributed by atoms with Crippen LogP contribution in [-0.4, -0.2) is 48.5 Å². The Bertz CT molecular complexity index is 930. The van der Waals surface area contributed by atoms with Crippen molar-refractivity contribution in [3.63, 3.8) is 0 Å². The van der Waals surface area contributed by atoms with Gasteiger partial charge in [-0.2, -0.15) is 0 Å². The normalized spacial score (nSPS) is 10.2. The van der Waals surface area contributed by atoms with Crippen LogP contribution in [0.3, 0.4) is 0 Å². The molecular weight excluding hydrogens is 427 g/mol. The molecule has 0 aliphatic rings. The van der Waals surface area contributed by atoms with Crippen LogP contribution in [0, 0.1) is 6.92 Å². The zero-order valence-corrected chi connectivity index (χ0v) is 16.6. The van der Waals surface area contributed by atoms with Crippen LogP contribution in [-0.2, 0) is 19.1 Å². The van der Waals surface area contributed by atoms with Crippen LogP contribution in [0.25, 0.3) is 0 Å². The van der Waals surface area contributed by atoms with E-state index in [4.69, 9.17) is 32.5 Å². The van der Waals surface area contributed by atoms with Crippen molar-refractivity contribution >= 4 is 52.8 Å². The third-order valence-electron chi connectivity index (χ3n) is 3.27. The highest BCUT2D eigenvalue weighted by molar-refractivity contribution is 6.36. The highest BCUT2D eigenvalue weighted by Crippen LogP contribution is 2.20. The summed E-state index contributed by atoms with van der Waals surface area (Å²) in [6, 6.07) is 5.79. The average Bonchev–Trinajstić information content (AvgIpc) is 3.07. The summed E-state index contributed by atoms with van der Waals surface area (Å²) in [6.07, 6.45) is 0. The summed E-state index contributed by atoms with van der Waals surface area (Å²) in [5.41, 5.74) is 0.724. The molecule has 0 atom stereocenters. The smallest absolute Gasteiger partial charge is 0.325 e. The van der Waals surface area contributed by atoms with Crippen LogP contribution in [0.2, 0.25) is 10.0 Å². The molecule has 1 aromatic carbocycles. The third-order valence-corrected chi connectivity index (χ3v) is 3.82. The van der Waals surface area contributed by atoms with E-state index < -0.39 is 43.4 Å². The summed E-state index contributed by atoms with van der Waals surface area (Å²) in [5, 5.41) is 11.0. The molecule has 10 nitrogen and oxygen atoms in total. The van der Waals surface area contributed by atoms with Gasteiger partial charge in [0.25, 0.3) is 11.8 Å². The Labute approximate surface area is 174 Å². The van der Waals surface area contributed by atoms with Crippen molar-refractivity contribution in [2.45, 2.75) is 6.92 Å². The van der Waals surface area contributed by atoms with Gasteiger partial charge >= 0.3 is 5.97 Å². The Morgan fingerprint density at radius 2 is 1.83 bits per heavy atom. The van der Waals surface area contributed by atoms with Crippen LogP contribution >= 0.6 is 23.2 Å². The lowest BCUT2D eigenvalue weighted by Crippen LogP contribution is -2.39. The first kappa shape index (κ1) is 22.2. The van der Waals surface area contributed by atoms with Crippen LogP contribution in [0.1, 0.15) is 16.1 Å². The summed E-state index contributed by atoms with van der Waals surface area (Å²) in [6.45, 7) is 0.232. The predicted octanol–water partition coefficient (Wildman–Crippen LogP) is 1.32. The molecule has 0 aliphatic carbocycles. The molecule has 29 heavy (non-hydrogen) atoms. The van der Waals surface area contributed by atoms with E-state index in [9.17, 15) is 19.2 Å². The number of nitrogens with zero attached hydrogens (tertiary/aromatic N) is 1. The number of benzene rings is 1. The minimum absolute atomic E-state index is 0.119. The Kier molecular flexibility index (Phi) is 7.98. The molecule has 0 saturated carbocycles. The van der Waals surface area contributed by atoms with Gasteiger partial charge in [0.2, 0.25) is 11.8 Å². The van der Waals surface area contributed by atoms with Crippen molar-refractivity contribution in [3.05, 3.63) is 45.6 Å². The molecule has 12 heteroatoms. The van der Waals surface area contributed by atoms with Crippen molar-refractivity contribution in [3.8, 4) is 0 Å². The SMILES string of the molecule is Cc1cc(NC(=O)COC(=O)CNC(=O)CNC(=O)c2ccc(Cl)cc2Cl)on1. The quantitative estimate of drug-likeness (QED) is 0.523. The van der Waals surface area contributed by atoms with Gasteiger partial charge in [0.15, 0.2) is 6.61 Å². The number of carbonyl (C=O) groups is 4. The minimum Gasteiger partial charge on any atom is -0.454 e. The van der Waals surface area contributed by atoms with Gasteiger partial charge in [-0.25, -0.2) is 0 Å². The Morgan fingerprint density at radius 1 is 1.07 bits per heavy atom. The highest BCUT2D eigenvalue weighted by atomic mass is 35.5. The van der Waals surface area contributed by atoms with Gasteiger partial charge in [0.05, 0.1) is 22.8 Å². The van der Waals surface area contributed by atoms with Gasteiger partial charge < -0.3 is 19.9 Å². The molecule has 0 unspecified atom stereocenters. The van der Waals surface area contributed by atoms with Gasteiger partial charge in [-0.05, 0) is 25.1 Å². The summed E-state index contributed by atoms with van der Waals surface area (Å²) in [7, 11) is 0. The fraction of sp³-hybridized carbons (Fsp3) is 0.235. The monoisotopic (exact) mass is 442 g/mol. The van der Waals surface area contributed by atoms with Crippen molar-refractivity contribution in [2.24, 2.45) is 0 Å². The molecule has 154 valence electrons. The second-order valence-corrected chi connectivity index (χ2v) is 6.47. The minimum atomic E-state index is -0.839. The molecule has 0 bridgehead atoms. The summed E-state index contributed by atoms with van der Waals surface area (Å²) >= 11 is 11.7. The van der Waals surface area contributed by atoms with Crippen molar-refractivity contribution in [1.82, 2.24) is 15.8 Å². The van der Waals surface area contributed by atoms with Crippen LogP contribution in [0.5, 0.6) is 0 Å². The number of anilines is 1. The van der Waals surface area contributed by atoms with E-state index >= 15 is 0 Å². The second-order valence-electron chi connectivity index (χ2n) is 5.62. The van der Waals surface area contributed by atoms with E-state index in [-0.39, 0.29) is 16.5 Å². The van der Waals surface area contributed by atoms with Crippen molar-refractivity contribution in [2.75, 3.05) is 25.0 Å². The molecule has 0 aliphatic heterocycles. The largest absolute Gasteiger partial charge is 0.454 e. The lowest BCUT2D eigenvalue weighted by atomic mass is 10.2. The molecule has 0 spiro atoms. The Morgan fingerprint density at radius 3 is 2.48 bits per heavy atom. The van der Waals surface area contributed by atoms with Crippen LogP contribution in [0.4, 0.5) is 5.88 Å². The topological polar surface area (TPSA) is 140 Å². The van der Waals surface area contributed by atoms with Gasteiger partial charge in [0.1, 0.15) is 6.54 Å². The second kappa shape index (κ2) is 10.4. The van der Waals surface area contributed by atoms with Crippen molar-refractivity contribution in [1.29, 1.82) is 0 Å². The van der Waals surface area contributed by atoms with Gasteiger partial charge in [-0.1, -0.05) is 28.4 Å². The van der Waals surface area contributed by atoms with E-state index in [1.54, 1.807) is 6.92 Å². The zero-order valence-electron chi connectivity index (χ0n) is 15.1. The first-order valence-electron chi connectivity index (χ1n) is 8.13. The number of aryl methyl sites for hydroxylation is 1. The van der Waals surface area contributed by atoms with E-state index in [1.165, 1.54) is 24.3 Å². The highest BCUT2D eigenvalue weighted by Gasteiger charge is 2.14.